The van der Waals surface area contributed by atoms with E-state index < -0.39 is 5.97 Å². The maximum atomic E-state index is 11.7. The molecule has 1 rings (SSSR count). The van der Waals surface area contributed by atoms with Crippen LogP contribution in [0.3, 0.4) is 0 Å². The average Bonchev–Trinajstić information content (AvgIpc) is 2.96. The summed E-state index contributed by atoms with van der Waals surface area (Å²) in [5.41, 5.74) is 0. The van der Waals surface area contributed by atoms with Gasteiger partial charge in [-0.3, -0.25) is 4.79 Å². The summed E-state index contributed by atoms with van der Waals surface area (Å²) >= 11 is 0. The minimum absolute atomic E-state index is 0.0776. The second kappa shape index (κ2) is 4.69. The first-order valence-corrected chi connectivity index (χ1v) is 4.73. The van der Waals surface area contributed by atoms with Crippen molar-refractivity contribution >= 4 is 12.0 Å². The number of carbonyl (C=O) groups excluding carboxylic acids is 1. The summed E-state index contributed by atoms with van der Waals surface area (Å²) in [4.78, 5) is 25.0. The molecular weight excluding hydrogens is 196 g/mol. The van der Waals surface area contributed by atoms with Crippen molar-refractivity contribution in [3.8, 4) is 12.3 Å². The minimum Gasteiger partial charge on any atom is -0.480 e. The largest absolute Gasteiger partial charge is 0.480 e. The van der Waals surface area contributed by atoms with E-state index in [2.05, 4.69) is 5.92 Å². The van der Waals surface area contributed by atoms with Gasteiger partial charge in [-0.2, -0.15) is 0 Å². The fourth-order valence-electron chi connectivity index (χ4n) is 1.31. The highest BCUT2D eigenvalue weighted by Gasteiger charge is 2.35. The van der Waals surface area contributed by atoms with Crippen LogP contribution in [0.5, 0.6) is 0 Å². The second-order valence-corrected chi connectivity index (χ2v) is 3.60. The van der Waals surface area contributed by atoms with Gasteiger partial charge < -0.3 is 14.9 Å². The molecule has 0 atom stereocenters. The van der Waals surface area contributed by atoms with Gasteiger partial charge in [0.2, 0.25) is 0 Å². The number of aliphatic carboxylic acids is 1. The number of nitrogens with zero attached hydrogens (tertiary/aromatic N) is 2. The van der Waals surface area contributed by atoms with Gasteiger partial charge in [0.05, 0.1) is 6.54 Å². The average molecular weight is 210 g/mol. The lowest BCUT2D eigenvalue weighted by Crippen LogP contribution is -2.45. The number of rotatable bonds is 4. The Hall–Kier alpha value is -1.70. The van der Waals surface area contributed by atoms with Crippen LogP contribution in [0.2, 0.25) is 0 Å². The smallest absolute Gasteiger partial charge is 0.323 e. The summed E-state index contributed by atoms with van der Waals surface area (Å²) in [6.45, 7) is -0.0555. The quantitative estimate of drug-likeness (QED) is 0.675. The van der Waals surface area contributed by atoms with Crippen LogP contribution in [0.25, 0.3) is 0 Å². The highest BCUT2D eigenvalue weighted by atomic mass is 16.4. The van der Waals surface area contributed by atoms with E-state index in [-0.39, 0.29) is 25.2 Å². The molecule has 15 heavy (non-hydrogen) atoms. The van der Waals surface area contributed by atoms with Crippen molar-refractivity contribution in [2.45, 2.75) is 18.9 Å². The van der Waals surface area contributed by atoms with E-state index in [1.54, 1.807) is 7.05 Å². The Labute approximate surface area is 88.7 Å². The number of terminal acetylenes is 1. The van der Waals surface area contributed by atoms with E-state index in [9.17, 15) is 9.59 Å². The lowest BCUT2D eigenvalue weighted by atomic mass is 10.4. The van der Waals surface area contributed by atoms with E-state index in [4.69, 9.17) is 11.5 Å². The number of hydrogen-bond acceptors (Lipinski definition) is 2. The van der Waals surface area contributed by atoms with Crippen LogP contribution in [-0.4, -0.2) is 53.1 Å². The standard InChI is InChI=1S/C10H14N2O3/c1-3-6-11(2)10(15)12(7-9(13)14)8-4-5-8/h1,8H,4-7H2,2H3,(H,13,14). The van der Waals surface area contributed by atoms with Crippen LogP contribution in [0, 0.1) is 12.3 Å². The summed E-state index contributed by atoms with van der Waals surface area (Å²) in [7, 11) is 1.57. The molecule has 0 spiro atoms. The third-order valence-corrected chi connectivity index (χ3v) is 2.19. The molecule has 0 unspecified atom stereocenters. The Morgan fingerprint density at radius 1 is 1.53 bits per heavy atom. The van der Waals surface area contributed by atoms with Crippen LogP contribution in [0.4, 0.5) is 4.79 Å². The summed E-state index contributed by atoms with van der Waals surface area (Å²) < 4.78 is 0. The predicted octanol–water partition coefficient (Wildman–Crippen LogP) is 0.220. The highest BCUT2D eigenvalue weighted by Crippen LogP contribution is 2.27. The van der Waals surface area contributed by atoms with Crippen LogP contribution >= 0.6 is 0 Å². The molecule has 0 saturated heterocycles. The molecule has 0 aromatic rings. The molecule has 0 radical (unpaired) electrons. The molecule has 1 N–H and O–H groups in total. The van der Waals surface area contributed by atoms with Gasteiger partial charge in [0.25, 0.3) is 0 Å². The summed E-state index contributed by atoms with van der Waals surface area (Å²) in [5, 5.41) is 8.67. The number of carboxylic acid groups (broad SMARTS) is 1. The Morgan fingerprint density at radius 3 is 2.53 bits per heavy atom. The monoisotopic (exact) mass is 210 g/mol. The summed E-state index contributed by atoms with van der Waals surface area (Å²) in [6.07, 6.45) is 6.84. The summed E-state index contributed by atoms with van der Waals surface area (Å²) in [5.74, 6) is 1.35. The fraction of sp³-hybridized carbons (Fsp3) is 0.600. The molecule has 5 heteroatoms. The topological polar surface area (TPSA) is 60.9 Å². The van der Waals surface area contributed by atoms with Gasteiger partial charge in [-0.1, -0.05) is 5.92 Å². The normalized spacial score (nSPS) is 14.1. The van der Waals surface area contributed by atoms with Gasteiger partial charge >= 0.3 is 12.0 Å². The Morgan fingerprint density at radius 2 is 2.13 bits per heavy atom. The van der Waals surface area contributed by atoms with Crippen LogP contribution in [0.15, 0.2) is 0 Å². The van der Waals surface area contributed by atoms with Gasteiger partial charge in [-0.05, 0) is 12.8 Å². The first-order valence-electron chi connectivity index (χ1n) is 4.73. The zero-order valence-electron chi connectivity index (χ0n) is 8.64. The van der Waals surface area contributed by atoms with Crippen LogP contribution in [0.1, 0.15) is 12.8 Å². The van der Waals surface area contributed by atoms with E-state index >= 15 is 0 Å². The molecule has 1 fully saturated rings. The lowest BCUT2D eigenvalue weighted by Gasteiger charge is -2.25. The number of hydrogen-bond donors (Lipinski definition) is 1. The van der Waals surface area contributed by atoms with E-state index in [1.165, 1.54) is 9.80 Å². The molecule has 0 bridgehead atoms. The van der Waals surface area contributed by atoms with Gasteiger partial charge in [0.15, 0.2) is 0 Å². The Kier molecular flexibility index (Phi) is 3.56. The molecule has 1 saturated carbocycles. The Balaban J connectivity index is 2.59. The molecular formula is C10H14N2O3. The molecule has 0 aliphatic heterocycles. The molecule has 82 valence electrons. The molecule has 0 aromatic heterocycles. The van der Waals surface area contributed by atoms with Crippen molar-refractivity contribution in [3.05, 3.63) is 0 Å². The third-order valence-electron chi connectivity index (χ3n) is 2.19. The molecule has 0 aromatic carbocycles. The maximum absolute atomic E-state index is 11.7. The molecule has 0 heterocycles. The van der Waals surface area contributed by atoms with E-state index in [1.807, 2.05) is 0 Å². The lowest BCUT2D eigenvalue weighted by molar-refractivity contribution is -0.137. The minimum atomic E-state index is -0.996. The molecule has 2 amide bonds. The maximum Gasteiger partial charge on any atom is 0.323 e. The predicted molar refractivity (Wildman–Crippen MR) is 54.2 cm³/mol. The summed E-state index contributed by atoms with van der Waals surface area (Å²) in [6, 6.07) is -0.230. The van der Waals surface area contributed by atoms with Crippen molar-refractivity contribution < 1.29 is 14.7 Å². The van der Waals surface area contributed by atoms with Crippen molar-refractivity contribution in [3.63, 3.8) is 0 Å². The fourth-order valence-corrected chi connectivity index (χ4v) is 1.31. The first-order chi connectivity index (χ1) is 7.06. The number of urea groups is 1. The van der Waals surface area contributed by atoms with E-state index in [0.29, 0.717) is 0 Å². The zero-order valence-corrected chi connectivity index (χ0v) is 8.64. The highest BCUT2D eigenvalue weighted by molar-refractivity contribution is 5.80. The van der Waals surface area contributed by atoms with Crippen molar-refractivity contribution in [2.24, 2.45) is 0 Å². The van der Waals surface area contributed by atoms with Crippen molar-refractivity contribution in [2.75, 3.05) is 20.1 Å². The van der Waals surface area contributed by atoms with Gasteiger partial charge in [-0.15, -0.1) is 6.42 Å². The van der Waals surface area contributed by atoms with Crippen LogP contribution in [-0.2, 0) is 4.79 Å². The third kappa shape index (κ3) is 3.17. The van der Waals surface area contributed by atoms with Crippen LogP contribution < -0.4 is 0 Å². The molecule has 1 aliphatic rings. The Bertz CT molecular complexity index is 304. The van der Waals surface area contributed by atoms with Gasteiger partial charge in [0.1, 0.15) is 6.54 Å². The molecule has 5 nitrogen and oxygen atoms in total. The molecule has 1 aliphatic carbocycles. The SMILES string of the molecule is C#CCN(C)C(=O)N(CC(=O)O)C1CC1. The van der Waals surface area contributed by atoms with Crippen molar-refractivity contribution in [1.82, 2.24) is 9.80 Å². The first kappa shape index (κ1) is 11.4. The number of carbonyl (C=O) groups is 2. The number of carboxylic acids is 1. The second-order valence-electron chi connectivity index (χ2n) is 3.60. The zero-order chi connectivity index (χ0) is 11.4. The van der Waals surface area contributed by atoms with Gasteiger partial charge in [-0.25, -0.2) is 4.79 Å². The van der Waals surface area contributed by atoms with E-state index in [0.717, 1.165) is 12.8 Å². The van der Waals surface area contributed by atoms with Crippen molar-refractivity contribution in [1.29, 1.82) is 0 Å². The number of amides is 2. The van der Waals surface area contributed by atoms with Gasteiger partial charge in [0, 0.05) is 13.1 Å².